The van der Waals surface area contributed by atoms with Crippen LogP contribution in [0.3, 0.4) is 0 Å². The number of hydrogen-bond donors (Lipinski definition) is 2. The largest absolute Gasteiger partial charge is 0.361 e. The minimum absolute atomic E-state index is 0.310. The van der Waals surface area contributed by atoms with Gasteiger partial charge in [0.1, 0.15) is 0 Å². The molecule has 4 rings (SSSR count). The van der Waals surface area contributed by atoms with Crippen LogP contribution in [0.2, 0.25) is 5.02 Å². The first kappa shape index (κ1) is 15.4. The van der Waals surface area contributed by atoms with Gasteiger partial charge in [-0.2, -0.15) is 5.10 Å². The van der Waals surface area contributed by atoms with Crippen molar-refractivity contribution in [2.75, 3.05) is 0 Å². The number of hydrazone groups is 1. The Kier molecular flexibility index (Phi) is 3.74. The molecule has 1 aromatic heterocycles. The van der Waals surface area contributed by atoms with Crippen molar-refractivity contribution in [3.8, 4) is 0 Å². The number of fused-ring (bicyclic) bond motifs is 1. The van der Waals surface area contributed by atoms with Crippen LogP contribution in [0.25, 0.3) is 10.9 Å². The summed E-state index contributed by atoms with van der Waals surface area (Å²) >= 11 is 5.88. The first-order chi connectivity index (χ1) is 12.2. The summed E-state index contributed by atoms with van der Waals surface area (Å²) in [5, 5.41) is 9.65. The molecule has 1 aliphatic rings. The zero-order valence-electron chi connectivity index (χ0n) is 12.9. The van der Waals surface area contributed by atoms with Gasteiger partial charge in [-0.3, -0.25) is 9.59 Å². The Morgan fingerprint density at radius 2 is 1.88 bits per heavy atom. The Balaban J connectivity index is 1.77. The second-order valence-electron chi connectivity index (χ2n) is 5.62. The third-order valence-electron chi connectivity index (χ3n) is 4.11. The molecule has 2 amide bonds. The van der Waals surface area contributed by atoms with E-state index in [1.807, 2.05) is 24.3 Å². The van der Waals surface area contributed by atoms with Gasteiger partial charge in [0.2, 0.25) is 6.41 Å². The van der Waals surface area contributed by atoms with Gasteiger partial charge in [0, 0.05) is 33.2 Å². The van der Waals surface area contributed by atoms with E-state index < -0.39 is 6.04 Å². The number of hydrogen-bond acceptors (Lipinski definition) is 3. The van der Waals surface area contributed by atoms with E-state index >= 15 is 0 Å². The molecule has 1 aliphatic heterocycles. The lowest BCUT2D eigenvalue weighted by Gasteiger charge is -2.28. The number of carbonyl (C=O) groups excluding carboxylic acids is 2. The van der Waals surface area contributed by atoms with E-state index in [0.717, 1.165) is 15.9 Å². The number of H-pyrrole nitrogens is 1. The molecule has 2 N–H and O–H groups in total. The summed E-state index contributed by atoms with van der Waals surface area (Å²) in [4.78, 5) is 27.4. The number of para-hydroxylation sites is 1. The fourth-order valence-corrected chi connectivity index (χ4v) is 3.06. The summed E-state index contributed by atoms with van der Waals surface area (Å²) < 4.78 is 0. The van der Waals surface area contributed by atoms with Crippen LogP contribution in [0.5, 0.6) is 0 Å². The maximum atomic E-state index is 12.7. The van der Waals surface area contributed by atoms with Crippen molar-refractivity contribution in [2.45, 2.75) is 6.04 Å². The lowest BCUT2D eigenvalue weighted by atomic mass is 10.0. The second kappa shape index (κ2) is 6.07. The molecule has 0 radical (unpaired) electrons. The predicted octanol–water partition coefficient (Wildman–Crippen LogP) is 2.81. The van der Waals surface area contributed by atoms with Gasteiger partial charge in [0.25, 0.3) is 5.91 Å². The Labute approximate surface area is 148 Å². The van der Waals surface area contributed by atoms with Crippen molar-refractivity contribution >= 4 is 40.7 Å². The maximum absolute atomic E-state index is 12.7. The van der Waals surface area contributed by atoms with Crippen LogP contribution in [-0.4, -0.2) is 28.1 Å². The van der Waals surface area contributed by atoms with Crippen LogP contribution < -0.4 is 5.32 Å². The van der Waals surface area contributed by atoms with E-state index in [0.29, 0.717) is 28.4 Å². The number of nitrogens with one attached hydrogen (secondary N) is 2. The monoisotopic (exact) mass is 352 g/mol. The standard InChI is InChI=1S/C18H13ClN4O2/c19-12-7-5-11(6-8-12)17-21-18(25)16(23(10-24)22-17)14-9-20-15-4-2-1-3-13(14)15/h1-10,16,20H,(H,21,22,25)/t16-/m1/s1. The summed E-state index contributed by atoms with van der Waals surface area (Å²) in [7, 11) is 0. The summed E-state index contributed by atoms with van der Waals surface area (Å²) in [6.45, 7) is 0. The fraction of sp³-hybridized carbons (Fsp3) is 0.0556. The Bertz CT molecular complexity index is 994. The highest BCUT2D eigenvalue weighted by atomic mass is 35.5. The van der Waals surface area contributed by atoms with Crippen LogP contribution in [0.1, 0.15) is 17.2 Å². The van der Waals surface area contributed by atoms with E-state index in [4.69, 9.17) is 11.6 Å². The van der Waals surface area contributed by atoms with Gasteiger partial charge in [-0.15, -0.1) is 0 Å². The highest BCUT2D eigenvalue weighted by Crippen LogP contribution is 2.30. The Morgan fingerprint density at radius 1 is 1.12 bits per heavy atom. The number of aromatic nitrogens is 1. The zero-order chi connectivity index (χ0) is 17.4. The second-order valence-corrected chi connectivity index (χ2v) is 6.06. The molecule has 0 saturated carbocycles. The minimum Gasteiger partial charge on any atom is -0.361 e. The number of benzene rings is 2. The molecule has 6 nitrogen and oxygen atoms in total. The first-order valence-corrected chi connectivity index (χ1v) is 8.00. The van der Waals surface area contributed by atoms with Crippen molar-refractivity contribution in [3.05, 3.63) is 70.9 Å². The first-order valence-electron chi connectivity index (χ1n) is 7.62. The van der Waals surface area contributed by atoms with Gasteiger partial charge < -0.3 is 10.3 Å². The lowest BCUT2D eigenvalue weighted by Crippen LogP contribution is -2.46. The number of rotatable bonds is 3. The summed E-state index contributed by atoms with van der Waals surface area (Å²) in [6.07, 6.45) is 2.29. The van der Waals surface area contributed by atoms with Gasteiger partial charge in [-0.1, -0.05) is 29.8 Å². The maximum Gasteiger partial charge on any atom is 0.255 e. The van der Waals surface area contributed by atoms with Crippen LogP contribution in [-0.2, 0) is 9.59 Å². The molecule has 0 fully saturated rings. The number of halogens is 1. The van der Waals surface area contributed by atoms with Gasteiger partial charge in [0.05, 0.1) is 0 Å². The van der Waals surface area contributed by atoms with Crippen LogP contribution >= 0.6 is 11.6 Å². The molecule has 0 bridgehead atoms. The molecular formula is C18H13ClN4O2. The molecule has 7 heteroatoms. The van der Waals surface area contributed by atoms with Gasteiger partial charge in [-0.25, -0.2) is 5.01 Å². The molecule has 2 aromatic carbocycles. The molecule has 2 heterocycles. The van der Waals surface area contributed by atoms with Crippen molar-refractivity contribution in [3.63, 3.8) is 0 Å². The number of carbonyl (C=O) groups is 2. The van der Waals surface area contributed by atoms with Crippen molar-refractivity contribution in [2.24, 2.45) is 5.10 Å². The normalized spacial score (nSPS) is 17.3. The van der Waals surface area contributed by atoms with E-state index in [1.54, 1.807) is 30.5 Å². The van der Waals surface area contributed by atoms with Gasteiger partial charge >= 0.3 is 0 Å². The quantitative estimate of drug-likeness (QED) is 0.711. The minimum atomic E-state index is -0.829. The number of aromatic amines is 1. The fourth-order valence-electron chi connectivity index (χ4n) is 2.93. The summed E-state index contributed by atoms with van der Waals surface area (Å²) in [5.74, 6) is -0.0124. The van der Waals surface area contributed by atoms with E-state index in [-0.39, 0.29) is 5.91 Å². The summed E-state index contributed by atoms with van der Waals surface area (Å²) in [5.41, 5.74) is 2.25. The molecule has 3 aromatic rings. The molecule has 1 atom stereocenters. The predicted molar refractivity (Wildman–Crippen MR) is 95.1 cm³/mol. The lowest BCUT2D eigenvalue weighted by molar-refractivity contribution is -0.133. The van der Waals surface area contributed by atoms with Crippen LogP contribution in [0.15, 0.2) is 59.8 Å². The van der Waals surface area contributed by atoms with E-state index in [1.165, 1.54) is 0 Å². The molecule has 0 spiro atoms. The Hall–Kier alpha value is -3.12. The smallest absolute Gasteiger partial charge is 0.255 e. The zero-order valence-corrected chi connectivity index (χ0v) is 13.7. The van der Waals surface area contributed by atoms with Gasteiger partial charge in [-0.05, 0) is 30.3 Å². The van der Waals surface area contributed by atoms with Crippen molar-refractivity contribution in [1.29, 1.82) is 0 Å². The SMILES string of the molecule is O=CN1N=C(c2ccc(Cl)cc2)NC(=O)[C@H]1c1c[nH]c2ccccc12. The van der Waals surface area contributed by atoms with Crippen molar-refractivity contribution in [1.82, 2.24) is 15.3 Å². The van der Waals surface area contributed by atoms with E-state index in [9.17, 15) is 9.59 Å². The molecule has 0 aliphatic carbocycles. The third kappa shape index (κ3) is 2.66. The molecule has 25 heavy (non-hydrogen) atoms. The Morgan fingerprint density at radius 3 is 2.64 bits per heavy atom. The highest BCUT2D eigenvalue weighted by Gasteiger charge is 2.34. The third-order valence-corrected chi connectivity index (χ3v) is 4.36. The summed E-state index contributed by atoms with van der Waals surface area (Å²) in [6, 6.07) is 13.6. The number of nitrogens with zero attached hydrogens (tertiary/aromatic N) is 2. The molecule has 124 valence electrons. The molecular weight excluding hydrogens is 340 g/mol. The number of amides is 2. The van der Waals surface area contributed by atoms with Gasteiger partial charge in [0.15, 0.2) is 11.9 Å². The average Bonchev–Trinajstić information content (AvgIpc) is 3.05. The molecule has 0 unspecified atom stereocenters. The van der Waals surface area contributed by atoms with Crippen molar-refractivity contribution < 1.29 is 9.59 Å². The highest BCUT2D eigenvalue weighted by molar-refractivity contribution is 6.30. The topological polar surface area (TPSA) is 77.6 Å². The molecule has 0 saturated heterocycles. The van der Waals surface area contributed by atoms with Crippen LogP contribution in [0.4, 0.5) is 0 Å². The average molecular weight is 353 g/mol. The van der Waals surface area contributed by atoms with Crippen LogP contribution in [0, 0.1) is 0 Å². The number of amidine groups is 1. The van der Waals surface area contributed by atoms with E-state index in [2.05, 4.69) is 15.4 Å².